The molecule has 0 aromatic heterocycles. The van der Waals surface area contributed by atoms with Crippen LogP contribution >= 0.6 is 0 Å². The molecule has 1 rings (SSSR count). The number of Topliss-reactive ketones (excluding diaryl/α,β-unsaturated/α-hetero) is 1. The van der Waals surface area contributed by atoms with Crippen LogP contribution in [0.15, 0.2) is 0 Å². The van der Waals surface area contributed by atoms with Crippen molar-refractivity contribution in [2.24, 2.45) is 0 Å². The third-order valence-corrected chi connectivity index (χ3v) is 2.08. The third-order valence-electron chi connectivity index (χ3n) is 2.08. The Bertz CT molecular complexity index is 116. The zero-order valence-electron chi connectivity index (χ0n) is 6.60. The largest absolute Gasteiger partial charge is 0.343 e. The Balaban J connectivity index is 2.19. The molecule has 1 aliphatic rings. The number of carbonyl (C=O) groups is 1. The molecule has 0 bridgehead atoms. The lowest BCUT2D eigenvalue weighted by Gasteiger charge is -2.18. The van der Waals surface area contributed by atoms with Crippen LogP contribution in [0.3, 0.4) is 0 Å². The van der Waals surface area contributed by atoms with E-state index in [1.54, 1.807) is 6.92 Å². The van der Waals surface area contributed by atoms with Crippen LogP contribution in [0.2, 0.25) is 0 Å². The van der Waals surface area contributed by atoms with Crippen molar-refractivity contribution in [1.82, 2.24) is 0 Å². The molecule has 1 fully saturated rings. The van der Waals surface area contributed by atoms with Crippen molar-refractivity contribution in [3.05, 3.63) is 0 Å². The summed E-state index contributed by atoms with van der Waals surface area (Å²) in [5.41, 5.74) is 0. The fraction of sp³-hybridized carbons (Fsp3) is 0.875. The van der Waals surface area contributed by atoms with E-state index in [2.05, 4.69) is 5.32 Å². The predicted molar refractivity (Wildman–Crippen MR) is 39.7 cm³/mol. The first kappa shape index (κ1) is 7.73. The number of hydrogen-bond acceptors (Lipinski definition) is 1. The zero-order chi connectivity index (χ0) is 7.40. The Labute approximate surface area is 62.0 Å². The maximum atomic E-state index is 10.7. The van der Waals surface area contributed by atoms with E-state index in [0.29, 0.717) is 11.8 Å². The van der Waals surface area contributed by atoms with Crippen LogP contribution in [0.4, 0.5) is 0 Å². The van der Waals surface area contributed by atoms with Crippen LogP contribution in [0.5, 0.6) is 0 Å². The number of piperidine rings is 1. The highest BCUT2D eigenvalue weighted by Crippen LogP contribution is 2.04. The SMILES string of the molecule is CC(=O)CC1CCCC[NH2+]1. The first-order valence-electron chi connectivity index (χ1n) is 4.12. The molecule has 0 aromatic rings. The van der Waals surface area contributed by atoms with Crippen LogP contribution in [-0.2, 0) is 4.79 Å². The molecule has 2 heteroatoms. The van der Waals surface area contributed by atoms with Crippen LogP contribution < -0.4 is 5.32 Å². The van der Waals surface area contributed by atoms with Gasteiger partial charge in [0.25, 0.3) is 0 Å². The quantitative estimate of drug-likeness (QED) is 0.582. The summed E-state index contributed by atoms with van der Waals surface area (Å²) in [6, 6.07) is 0.603. The number of quaternary nitrogens is 1. The van der Waals surface area contributed by atoms with Crippen molar-refractivity contribution >= 4 is 5.78 Å². The van der Waals surface area contributed by atoms with Crippen LogP contribution in [0, 0.1) is 0 Å². The van der Waals surface area contributed by atoms with Gasteiger partial charge < -0.3 is 5.32 Å². The van der Waals surface area contributed by atoms with Crippen molar-refractivity contribution in [2.45, 2.75) is 38.6 Å². The molecule has 0 aliphatic carbocycles. The van der Waals surface area contributed by atoms with Crippen molar-refractivity contribution in [1.29, 1.82) is 0 Å². The molecule has 0 aromatic carbocycles. The molecule has 0 radical (unpaired) electrons. The second-order valence-electron chi connectivity index (χ2n) is 3.19. The number of nitrogens with two attached hydrogens (primary N) is 1. The molecule has 0 amide bonds. The topological polar surface area (TPSA) is 33.7 Å². The monoisotopic (exact) mass is 142 g/mol. The molecule has 1 atom stereocenters. The maximum absolute atomic E-state index is 10.7. The second kappa shape index (κ2) is 3.71. The summed E-state index contributed by atoms with van der Waals surface area (Å²) in [6.07, 6.45) is 4.66. The molecule has 0 spiro atoms. The fourth-order valence-corrected chi connectivity index (χ4v) is 1.58. The van der Waals surface area contributed by atoms with Gasteiger partial charge in [-0.15, -0.1) is 0 Å². The number of carbonyl (C=O) groups excluding carboxylic acids is 1. The van der Waals surface area contributed by atoms with Gasteiger partial charge in [-0.05, 0) is 26.2 Å². The molecule has 1 saturated heterocycles. The Morgan fingerprint density at radius 2 is 2.40 bits per heavy atom. The smallest absolute Gasteiger partial charge is 0.135 e. The maximum Gasteiger partial charge on any atom is 0.135 e. The minimum atomic E-state index is 0.336. The summed E-state index contributed by atoms with van der Waals surface area (Å²) in [4.78, 5) is 10.7. The van der Waals surface area contributed by atoms with Gasteiger partial charge >= 0.3 is 0 Å². The lowest BCUT2D eigenvalue weighted by Crippen LogP contribution is -2.91. The molecule has 2 N–H and O–H groups in total. The average molecular weight is 142 g/mol. The highest BCUT2D eigenvalue weighted by atomic mass is 16.1. The van der Waals surface area contributed by atoms with Gasteiger partial charge in [-0.1, -0.05) is 0 Å². The van der Waals surface area contributed by atoms with Gasteiger partial charge in [0.15, 0.2) is 0 Å². The minimum absolute atomic E-state index is 0.336. The van der Waals surface area contributed by atoms with Gasteiger partial charge in [0.05, 0.1) is 19.0 Å². The molecule has 0 saturated carbocycles. The van der Waals surface area contributed by atoms with Gasteiger partial charge in [-0.3, -0.25) is 4.79 Å². The lowest BCUT2D eigenvalue weighted by atomic mass is 10.0. The molecule has 2 nitrogen and oxygen atoms in total. The van der Waals surface area contributed by atoms with E-state index in [-0.39, 0.29) is 0 Å². The molecule has 1 aliphatic heterocycles. The molecule has 1 unspecified atom stereocenters. The van der Waals surface area contributed by atoms with Crippen LogP contribution in [-0.4, -0.2) is 18.4 Å². The molecular formula is C8H16NO+. The second-order valence-corrected chi connectivity index (χ2v) is 3.19. The summed E-state index contributed by atoms with van der Waals surface area (Å²) < 4.78 is 0. The Hall–Kier alpha value is -0.370. The van der Waals surface area contributed by atoms with E-state index >= 15 is 0 Å². The van der Waals surface area contributed by atoms with Gasteiger partial charge in [0, 0.05) is 0 Å². The van der Waals surface area contributed by atoms with Gasteiger partial charge in [-0.25, -0.2) is 0 Å². The average Bonchev–Trinajstić information content (AvgIpc) is 1.88. The number of hydrogen-bond donors (Lipinski definition) is 1. The van der Waals surface area contributed by atoms with Crippen molar-refractivity contribution in [3.8, 4) is 0 Å². The van der Waals surface area contributed by atoms with Crippen molar-refractivity contribution in [2.75, 3.05) is 6.54 Å². The molecule has 58 valence electrons. The number of ketones is 1. The predicted octanol–water partition coefficient (Wildman–Crippen LogP) is 0.0814. The Morgan fingerprint density at radius 1 is 1.60 bits per heavy atom. The molecular weight excluding hydrogens is 126 g/mol. The standard InChI is InChI=1S/C8H15NO/c1-7(10)6-8-4-2-3-5-9-8/h8-9H,2-6H2,1H3/p+1. The Kier molecular flexibility index (Phi) is 2.87. The third kappa shape index (κ3) is 2.48. The minimum Gasteiger partial charge on any atom is -0.343 e. The van der Waals surface area contributed by atoms with Gasteiger partial charge in [-0.2, -0.15) is 0 Å². The highest BCUT2D eigenvalue weighted by molar-refractivity contribution is 5.75. The summed E-state index contributed by atoms with van der Waals surface area (Å²) in [6.45, 7) is 2.90. The summed E-state index contributed by atoms with van der Waals surface area (Å²) >= 11 is 0. The summed E-state index contributed by atoms with van der Waals surface area (Å²) in [5, 5.41) is 2.31. The van der Waals surface area contributed by atoms with Crippen molar-refractivity contribution < 1.29 is 10.1 Å². The Morgan fingerprint density at radius 3 is 2.90 bits per heavy atom. The first-order chi connectivity index (χ1) is 4.79. The fourth-order valence-electron chi connectivity index (χ4n) is 1.58. The lowest BCUT2D eigenvalue weighted by molar-refractivity contribution is -0.696. The van der Waals surface area contributed by atoms with Gasteiger partial charge in [0.2, 0.25) is 0 Å². The highest BCUT2D eigenvalue weighted by Gasteiger charge is 2.17. The summed E-state index contributed by atoms with van der Waals surface area (Å²) in [5.74, 6) is 0.336. The normalized spacial score (nSPS) is 26.3. The van der Waals surface area contributed by atoms with E-state index in [4.69, 9.17) is 0 Å². The van der Waals surface area contributed by atoms with Crippen molar-refractivity contribution in [3.63, 3.8) is 0 Å². The molecule has 10 heavy (non-hydrogen) atoms. The van der Waals surface area contributed by atoms with Crippen LogP contribution in [0.1, 0.15) is 32.6 Å². The summed E-state index contributed by atoms with van der Waals surface area (Å²) in [7, 11) is 0. The van der Waals surface area contributed by atoms with E-state index in [1.807, 2.05) is 0 Å². The van der Waals surface area contributed by atoms with E-state index in [9.17, 15) is 4.79 Å². The van der Waals surface area contributed by atoms with E-state index in [0.717, 1.165) is 6.42 Å². The van der Waals surface area contributed by atoms with Crippen LogP contribution in [0.25, 0.3) is 0 Å². The number of rotatable bonds is 2. The zero-order valence-corrected chi connectivity index (χ0v) is 6.60. The molecule has 1 heterocycles. The van der Waals surface area contributed by atoms with Gasteiger partial charge in [0.1, 0.15) is 5.78 Å². The van der Waals surface area contributed by atoms with E-state index in [1.165, 1.54) is 25.8 Å². The van der Waals surface area contributed by atoms with E-state index < -0.39 is 0 Å². The first-order valence-corrected chi connectivity index (χ1v) is 4.12.